The summed E-state index contributed by atoms with van der Waals surface area (Å²) in [5, 5.41) is 11.6. The number of rotatable bonds is 4. The van der Waals surface area contributed by atoms with E-state index in [0.29, 0.717) is 29.9 Å². The van der Waals surface area contributed by atoms with E-state index >= 15 is 0 Å². The highest BCUT2D eigenvalue weighted by Gasteiger charge is 2.25. The Bertz CT molecular complexity index is 862. The summed E-state index contributed by atoms with van der Waals surface area (Å²) in [4.78, 5) is 26.6. The first-order chi connectivity index (χ1) is 12.9. The number of carbonyl (C=O) groups excluding carboxylic acids is 1. The number of benzene rings is 2. The number of hydrogen-bond acceptors (Lipinski definition) is 6. The first-order valence-corrected chi connectivity index (χ1v) is 8.51. The van der Waals surface area contributed by atoms with Gasteiger partial charge in [-0.15, -0.1) is 0 Å². The van der Waals surface area contributed by atoms with Gasteiger partial charge in [0.1, 0.15) is 11.5 Å². The van der Waals surface area contributed by atoms with E-state index in [1.165, 1.54) is 31.4 Å². The Morgan fingerprint density at radius 1 is 1.15 bits per heavy atom. The topological polar surface area (TPSA) is 75.9 Å². The summed E-state index contributed by atoms with van der Waals surface area (Å²) in [6.45, 7) is 2.72. The van der Waals surface area contributed by atoms with Gasteiger partial charge in [-0.3, -0.25) is 10.1 Å². The van der Waals surface area contributed by atoms with Crippen LogP contribution in [0, 0.1) is 15.9 Å². The van der Waals surface area contributed by atoms with Crippen LogP contribution in [0.4, 0.5) is 15.8 Å². The summed E-state index contributed by atoms with van der Waals surface area (Å²) in [7, 11) is 3.25. The van der Waals surface area contributed by atoms with Crippen molar-refractivity contribution in [1.82, 2.24) is 4.90 Å². The number of piperazine rings is 1. The quantitative estimate of drug-likeness (QED) is 0.466. The zero-order valence-electron chi connectivity index (χ0n) is 15.1. The maximum Gasteiger partial charge on any atom is 0.337 e. The van der Waals surface area contributed by atoms with E-state index in [2.05, 4.69) is 9.64 Å². The molecule has 1 heterocycles. The zero-order valence-corrected chi connectivity index (χ0v) is 15.1. The van der Waals surface area contributed by atoms with Crippen molar-refractivity contribution in [3.05, 3.63) is 57.9 Å². The molecule has 0 atom stereocenters. The average Bonchev–Trinajstić information content (AvgIpc) is 2.67. The number of nitrogens with zero attached hydrogens (tertiary/aromatic N) is 3. The van der Waals surface area contributed by atoms with Gasteiger partial charge in [-0.25, -0.2) is 9.18 Å². The molecule has 0 spiro atoms. The van der Waals surface area contributed by atoms with E-state index in [4.69, 9.17) is 0 Å². The van der Waals surface area contributed by atoms with E-state index in [1.807, 2.05) is 11.9 Å². The second-order valence-electron chi connectivity index (χ2n) is 6.44. The Morgan fingerprint density at radius 2 is 1.78 bits per heavy atom. The smallest absolute Gasteiger partial charge is 0.337 e. The molecule has 1 fully saturated rings. The van der Waals surface area contributed by atoms with Gasteiger partial charge in [0.2, 0.25) is 0 Å². The number of carbonyl (C=O) groups is 1. The molecule has 2 aromatic rings. The molecule has 2 aromatic carbocycles. The number of anilines is 1. The molecule has 0 saturated carbocycles. The Morgan fingerprint density at radius 3 is 2.33 bits per heavy atom. The highest BCUT2D eigenvalue weighted by molar-refractivity contribution is 5.90. The highest BCUT2D eigenvalue weighted by atomic mass is 19.1. The Kier molecular flexibility index (Phi) is 5.36. The molecule has 0 aromatic heterocycles. The van der Waals surface area contributed by atoms with Crippen LogP contribution in [0.15, 0.2) is 36.4 Å². The number of nitro groups is 1. The van der Waals surface area contributed by atoms with Crippen molar-refractivity contribution < 1.29 is 18.8 Å². The first kappa shape index (κ1) is 18.8. The van der Waals surface area contributed by atoms with Crippen LogP contribution < -0.4 is 4.90 Å². The summed E-state index contributed by atoms with van der Waals surface area (Å²) < 4.78 is 19.4. The second kappa shape index (κ2) is 7.71. The minimum absolute atomic E-state index is 0.121. The highest BCUT2D eigenvalue weighted by Crippen LogP contribution is 2.36. The van der Waals surface area contributed by atoms with Crippen LogP contribution in [0.25, 0.3) is 11.1 Å². The van der Waals surface area contributed by atoms with Crippen molar-refractivity contribution in [1.29, 1.82) is 0 Å². The number of methoxy groups -OCH3 is 1. The molecular weight excluding hydrogens is 353 g/mol. The zero-order chi connectivity index (χ0) is 19.6. The lowest BCUT2D eigenvalue weighted by Gasteiger charge is -2.33. The third kappa shape index (κ3) is 3.90. The van der Waals surface area contributed by atoms with Crippen LogP contribution in [0.2, 0.25) is 0 Å². The summed E-state index contributed by atoms with van der Waals surface area (Å²) in [6.07, 6.45) is 0. The van der Waals surface area contributed by atoms with Crippen molar-refractivity contribution in [2.24, 2.45) is 0 Å². The van der Waals surface area contributed by atoms with E-state index in [9.17, 15) is 19.3 Å². The number of esters is 1. The molecule has 0 radical (unpaired) electrons. The molecule has 1 aliphatic rings. The van der Waals surface area contributed by atoms with Crippen molar-refractivity contribution in [3.63, 3.8) is 0 Å². The summed E-state index contributed by atoms with van der Waals surface area (Å²) in [5.74, 6) is -1.04. The molecule has 0 N–H and O–H groups in total. The molecule has 1 aliphatic heterocycles. The molecule has 0 unspecified atom stereocenters. The Hall–Kier alpha value is -3.00. The average molecular weight is 373 g/mol. The molecule has 3 rings (SSSR count). The fraction of sp³-hybridized carbons (Fsp3) is 0.316. The molecule has 27 heavy (non-hydrogen) atoms. The van der Waals surface area contributed by atoms with Crippen LogP contribution in [0.3, 0.4) is 0 Å². The first-order valence-electron chi connectivity index (χ1n) is 8.51. The molecule has 0 bridgehead atoms. The van der Waals surface area contributed by atoms with Gasteiger partial charge in [0.05, 0.1) is 17.6 Å². The van der Waals surface area contributed by atoms with Gasteiger partial charge >= 0.3 is 5.97 Å². The third-order valence-electron chi connectivity index (χ3n) is 4.72. The third-order valence-corrected chi connectivity index (χ3v) is 4.72. The Labute approximate surface area is 156 Å². The molecule has 0 aliphatic carbocycles. The van der Waals surface area contributed by atoms with Crippen molar-refractivity contribution in [2.45, 2.75) is 0 Å². The predicted molar refractivity (Wildman–Crippen MR) is 99.5 cm³/mol. The molecule has 1 saturated heterocycles. The standard InChI is InChI=1S/C19H20FN3O4/c1-21-7-9-22(10-8-21)17-12-16(20)15(11-18(17)23(25)26)13-3-5-14(6-4-13)19(24)27-2/h3-6,11-12H,7-10H2,1-2H3. The van der Waals surface area contributed by atoms with E-state index in [-0.39, 0.29) is 11.3 Å². The van der Waals surface area contributed by atoms with Gasteiger partial charge in [0.15, 0.2) is 0 Å². The van der Waals surface area contributed by atoms with E-state index in [0.717, 1.165) is 13.1 Å². The minimum Gasteiger partial charge on any atom is -0.465 e. The number of likely N-dealkylation sites (N-methyl/N-ethyl adjacent to an activating group) is 1. The fourth-order valence-electron chi connectivity index (χ4n) is 3.12. The van der Waals surface area contributed by atoms with Gasteiger partial charge in [-0.05, 0) is 24.7 Å². The van der Waals surface area contributed by atoms with E-state index < -0.39 is 16.7 Å². The Balaban J connectivity index is 1.99. The largest absolute Gasteiger partial charge is 0.465 e. The second-order valence-corrected chi connectivity index (χ2v) is 6.44. The van der Waals surface area contributed by atoms with Gasteiger partial charge in [-0.2, -0.15) is 0 Å². The normalized spacial score (nSPS) is 14.9. The lowest BCUT2D eigenvalue weighted by molar-refractivity contribution is -0.384. The number of hydrogen-bond donors (Lipinski definition) is 0. The molecule has 7 nitrogen and oxygen atoms in total. The molecule has 0 amide bonds. The molecular formula is C19H20FN3O4. The predicted octanol–water partition coefficient (Wildman–Crippen LogP) is 2.94. The summed E-state index contributed by atoms with van der Waals surface area (Å²) in [6, 6.07) is 8.58. The molecule has 8 heteroatoms. The van der Waals surface area contributed by atoms with Gasteiger partial charge in [0.25, 0.3) is 5.69 Å². The van der Waals surface area contributed by atoms with Gasteiger partial charge in [0, 0.05) is 43.9 Å². The SMILES string of the molecule is COC(=O)c1ccc(-c2cc([N+](=O)[O-])c(N3CCN(C)CC3)cc2F)cc1. The fourth-order valence-corrected chi connectivity index (χ4v) is 3.12. The van der Waals surface area contributed by atoms with Crippen molar-refractivity contribution in [2.75, 3.05) is 45.2 Å². The maximum absolute atomic E-state index is 14.8. The summed E-state index contributed by atoms with van der Waals surface area (Å²) >= 11 is 0. The number of nitro benzene ring substituents is 1. The van der Waals surface area contributed by atoms with E-state index in [1.54, 1.807) is 12.1 Å². The van der Waals surface area contributed by atoms with Gasteiger partial charge in [-0.1, -0.05) is 12.1 Å². The number of ether oxygens (including phenoxy) is 1. The lowest BCUT2D eigenvalue weighted by atomic mass is 10.0. The van der Waals surface area contributed by atoms with Crippen molar-refractivity contribution >= 4 is 17.3 Å². The monoisotopic (exact) mass is 373 g/mol. The van der Waals surface area contributed by atoms with Crippen LogP contribution >= 0.6 is 0 Å². The van der Waals surface area contributed by atoms with Crippen molar-refractivity contribution in [3.8, 4) is 11.1 Å². The molecule has 142 valence electrons. The van der Waals surface area contributed by atoms with Gasteiger partial charge < -0.3 is 14.5 Å². The van der Waals surface area contributed by atoms with Crippen LogP contribution in [-0.4, -0.2) is 56.1 Å². The summed E-state index contributed by atoms with van der Waals surface area (Å²) in [5.41, 5.74) is 1.06. The van der Waals surface area contributed by atoms with Crippen LogP contribution in [-0.2, 0) is 4.74 Å². The maximum atomic E-state index is 14.8. The minimum atomic E-state index is -0.541. The van der Waals surface area contributed by atoms with Crippen LogP contribution in [0.1, 0.15) is 10.4 Å². The van der Waals surface area contributed by atoms with Crippen LogP contribution in [0.5, 0.6) is 0 Å². The number of halogens is 1. The lowest BCUT2D eigenvalue weighted by Crippen LogP contribution is -2.44.